The zero-order valence-corrected chi connectivity index (χ0v) is 13.4. The summed E-state index contributed by atoms with van der Waals surface area (Å²) in [5.74, 6) is -0.0600. The summed E-state index contributed by atoms with van der Waals surface area (Å²) in [6, 6.07) is 3.29. The first-order chi connectivity index (χ1) is 11.5. The van der Waals surface area contributed by atoms with Gasteiger partial charge in [-0.25, -0.2) is 14.3 Å². The van der Waals surface area contributed by atoms with Crippen molar-refractivity contribution in [2.75, 3.05) is 18.4 Å². The number of carbonyl (C=O) groups excluding carboxylic acids is 1. The molecule has 1 aliphatic heterocycles. The minimum Gasteiger partial charge on any atom is -0.481 e. The van der Waals surface area contributed by atoms with Crippen molar-refractivity contribution in [2.45, 2.75) is 26.2 Å². The second-order valence-electron chi connectivity index (χ2n) is 6.74. The van der Waals surface area contributed by atoms with E-state index in [-0.39, 0.29) is 18.5 Å². The fourth-order valence-electron chi connectivity index (χ4n) is 4.06. The number of fused-ring (bicyclic) bond motifs is 2. The number of pyridine rings is 1. The molecule has 2 aromatic rings. The lowest BCUT2D eigenvalue weighted by Gasteiger charge is -2.23. The Kier molecular flexibility index (Phi) is 3.22. The Morgan fingerprint density at radius 3 is 3.00 bits per heavy atom. The quantitative estimate of drug-likeness (QED) is 0.874. The molecule has 2 amide bonds. The van der Waals surface area contributed by atoms with E-state index in [1.807, 2.05) is 0 Å². The average molecular weight is 329 g/mol. The van der Waals surface area contributed by atoms with Crippen LogP contribution in [0.4, 0.5) is 10.5 Å². The predicted molar refractivity (Wildman–Crippen MR) is 85.7 cm³/mol. The molecular formula is C16H19N5O3. The monoisotopic (exact) mass is 329 g/mol. The van der Waals surface area contributed by atoms with Crippen molar-refractivity contribution in [2.24, 2.45) is 11.3 Å². The van der Waals surface area contributed by atoms with E-state index in [0.717, 1.165) is 12.8 Å². The van der Waals surface area contributed by atoms with Crippen molar-refractivity contribution in [1.29, 1.82) is 0 Å². The molecule has 126 valence electrons. The summed E-state index contributed by atoms with van der Waals surface area (Å²) in [6.07, 6.45) is 4.16. The number of nitrogens with one attached hydrogen (secondary N) is 1. The highest BCUT2D eigenvalue weighted by molar-refractivity contribution is 5.90. The van der Waals surface area contributed by atoms with Crippen LogP contribution in [0.25, 0.3) is 5.65 Å². The molecule has 1 saturated heterocycles. The van der Waals surface area contributed by atoms with Crippen molar-refractivity contribution in [3.05, 3.63) is 24.2 Å². The van der Waals surface area contributed by atoms with Crippen molar-refractivity contribution in [3.8, 4) is 0 Å². The SMILES string of the molecule is Cc1nc2ccc(NC(=O)N3C[C@@H]4CCC[C@@]4(C(=O)O)C3)cn2n1. The minimum atomic E-state index is -0.778. The molecule has 2 N–H and O–H groups in total. The van der Waals surface area contributed by atoms with Gasteiger partial charge < -0.3 is 15.3 Å². The predicted octanol–water partition coefficient (Wildman–Crippen LogP) is 1.76. The smallest absolute Gasteiger partial charge is 0.321 e. The lowest BCUT2D eigenvalue weighted by Crippen LogP contribution is -2.38. The van der Waals surface area contributed by atoms with Crippen LogP contribution in [-0.2, 0) is 4.79 Å². The van der Waals surface area contributed by atoms with Gasteiger partial charge in [-0.2, -0.15) is 5.10 Å². The number of aromatic nitrogens is 3. The fraction of sp³-hybridized carbons (Fsp3) is 0.500. The highest BCUT2D eigenvalue weighted by Crippen LogP contribution is 2.48. The summed E-state index contributed by atoms with van der Waals surface area (Å²) in [6.45, 7) is 2.59. The second kappa shape index (κ2) is 5.19. The van der Waals surface area contributed by atoms with Crippen LogP contribution in [0.2, 0.25) is 0 Å². The van der Waals surface area contributed by atoms with Crippen LogP contribution in [-0.4, -0.2) is 49.7 Å². The maximum Gasteiger partial charge on any atom is 0.321 e. The van der Waals surface area contributed by atoms with Crippen molar-refractivity contribution >= 4 is 23.3 Å². The first kappa shape index (κ1) is 14.9. The molecule has 0 radical (unpaired) electrons. The second-order valence-corrected chi connectivity index (χ2v) is 6.74. The summed E-state index contributed by atoms with van der Waals surface area (Å²) < 4.78 is 1.61. The number of carboxylic acid groups (broad SMARTS) is 1. The lowest BCUT2D eigenvalue weighted by atomic mass is 9.81. The highest BCUT2D eigenvalue weighted by Gasteiger charge is 2.55. The van der Waals surface area contributed by atoms with E-state index < -0.39 is 11.4 Å². The third kappa shape index (κ3) is 2.21. The molecule has 3 heterocycles. The van der Waals surface area contributed by atoms with Crippen LogP contribution in [0.1, 0.15) is 25.1 Å². The summed E-state index contributed by atoms with van der Waals surface area (Å²) in [7, 11) is 0. The number of hydrogen-bond donors (Lipinski definition) is 2. The summed E-state index contributed by atoms with van der Waals surface area (Å²) >= 11 is 0. The van der Waals surface area contributed by atoms with E-state index in [4.69, 9.17) is 0 Å². The number of aliphatic carboxylic acids is 1. The number of carboxylic acids is 1. The van der Waals surface area contributed by atoms with Crippen LogP contribution in [0.15, 0.2) is 18.3 Å². The first-order valence-corrected chi connectivity index (χ1v) is 8.10. The van der Waals surface area contributed by atoms with Crippen LogP contribution in [0, 0.1) is 18.3 Å². The topological polar surface area (TPSA) is 99.8 Å². The maximum atomic E-state index is 12.5. The maximum absolute atomic E-state index is 12.5. The molecule has 0 unspecified atom stereocenters. The molecule has 0 bridgehead atoms. The molecule has 2 aliphatic rings. The average Bonchev–Trinajstić information content (AvgIpc) is 3.17. The van der Waals surface area contributed by atoms with Gasteiger partial charge in [-0.1, -0.05) is 6.42 Å². The molecule has 2 aromatic heterocycles. The number of urea groups is 1. The molecule has 24 heavy (non-hydrogen) atoms. The Bertz CT molecular complexity index is 832. The lowest BCUT2D eigenvalue weighted by molar-refractivity contribution is -0.149. The standard InChI is InChI=1S/C16H19N5O3/c1-10-17-13-5-4-12(8-21(13)19-10)18-15(24)20-7-11-3-2-6-16(11,9-20)14(22)23/h4-5,8,11H,2-3,6-7,9H2,1H3,(H,18,24)(H,22,23)/t11-,16+/m0/s1. The largest absolute Gasteiger partial charge is 0.481 e. The molecule has 2 fully saturated rings. The molecule has 1 saturated carbocycles. The number of aryl methyl sites for hydroxylation is 1. The Morgan fingerprint density at radius 1 is 1.42 bits per heavy atom. The minimum absolute atomic E-state index is 0.0567. The van der Waals surface area contributed by atoms with Crippen molar-refractivity contribution in [1.82, 2.24) is 19.5 Å². The number of rotatable bonds is 2. The van der Waals surface area contributed by atoms with Crippen LogP contribution in [0.3, 0.4) is 0 Å². The number of nitrogens with zero attached hydrogens (tertiary/aromatic N) is 4. The van der Waals surface area contributed by atoms with Gasteiger partial charge in [0.15, 0.2) is 5.65 Å². The van der Waals surface area contributed by atoms with Gasteiger partial charge in [-0.05, 0) is 37.8 Å². The molecule has 8 heteroatoms. The summed E-state index contributed by atoms with van der Waals surface area (Å²) in [4.78, 5) is 30.1. The highest BCUT2D eigenvalue weighted by atomic mass is 16.4. The third-order valence-electron chi connectivity index (χ3n) is 5.27. The Hall–Kier alpha value is -2.64. The third-order valence-corrected chi connectivity index (χ3v) is 5.27. The van der Waals surface area contributed by atoms with Crippen LogP contribution >= 0.6 is 0 Å². The first-order valence-electron chi connectivity index (χ1n) is 8.10. The Morgan fingerprint density at radius 2 is 2.25 bits per heavy atom. The number of hydrogen-bond acceptors (Lipinski definition) is 4. The zero-order valence-electron chi connectivity index (χ0n) is 13.4. The van der Waals surface area contributed by atoms with Crippen molar-refractivity contribution in [3.63, 3.8) is 0 Å². The molecule has 8 nitrogen and oxygen atoms in total. The van der Waals surface area contributed by atoms with Gasteiger partial charge >= 0.3 is 12.0 Å². The molecule has 2 atom stereocenters. The molecule has 1 aliphatic carbocycles. The van der Waals surface area contributed by atoms with E-state index in [1.165, 1.54) is 0 Å². The summed E-state index contributed by atoms with van der Waals surface area (Å²) in [5, 5.41) is 16.7. The van der Waals surface area contributed by atoms with Gasteiger partial charge in [0, 0.05) is 13.1 Å². The number of carbonyl (C=O) groups is 2. The van der Waals surface area contributed by atoms with Crippen molar-refractivity contribution < 1.29 is 14.7 Å². The normalized spacial score (nSPS) is 25.9. The molecule has 0 aromatic carbocycles. The summed E-state index contributed by atoms with van der Waals surface area (Å²) in [5.41, 5.74) is 0.564. The van der Waals surface area contributed by atoms with E-state index in [9.17, 15) is 14.7 Å². The van der Waals surface area contributed by atoms with Gasteiger partial charge in [-0.15, -0.1) is 0 Å². The van der Waals surface area contributed by atoms with Gasteiger partial charge in [0.2, 0.25) is 0 Å². The zero-order chi connectivity index (χ0) is 16.9. The fourth-order valence-corrected chi connectivity index (χ4v) is 4.06. The molecule has 4 rings (SSSR count). The van der Waals surface area contributed by atoms with Crippen LogP contribution < -0.4 is 5.32 Å². The number of anilines is 1. The number of amides is 2. The van der Waals surface area contributed by atoms with E-state index in [0.29, 0.717) is 30.1 Å². The van der Waals surface area contributed by atoms with Gasteiger partial charge in [-0.3, -0.25) is 4.79 Å². The Labute approximate surface area is 138 Å². The van der Waals surface area contributed by atoms with E-state index in [2.05, 4.69) is 15.4 Å². The van der Waals surface area contributed by atoms with Gasteiger partial charge in [0.1, 0.15) is 5.82 Å². The van der Waals surface area contributed by atoms with E-state index >= 15 is 0 Å². The van der Waals surface area contributed by atoms with Gasteiger partial charge in [0.05, 0.1) is 17.3 Å². The van der Waals surface area contributed by atoms with E-state index in [1.54, 1.807) is 34.7 Å². The molecular weight excluding hydrogens is 310 g/mol. The number of likely N-dealkylation sites (tertiary alicyclic amines) is 1. The molecule has 0 spiro atoms. The van der Waals surface area contributed by atoms with Gasteiger partial charge in [0.25, 0.3) is 0 Å². The Balaban J connectivity index is 1.51. The van der Waals surface area contributed by atoms with Crippen LogP contribution in [0.5, 0.6) is 0 Å².